The molecule has 6 N–H and O–H groups in total. The molecule has 0 aliphatic rings. The second kappa shape index (κ2) is 6.82. The number of rotatable bonds is 7. The molecule has 7 nitrogen and oxygen atoms in total. The topological polar surface area (TPSA) is 125 Å². The molecule has 0 bridgehead atoms. The van der Waals surface area contributed by atoms with Crippen molar-refractivity contribution in [1.82, 2.24) is 0 Å². The quantitative estimate of drug-likeness (QED) is 0.350. The van der Waals surface area contributed by atoms with E-state index in [-0.39, 0.29) is 11.3 Å². The van der Waals surface area contributed by atoms with Gasteiger partial charge in [0.2, 0.25) is 0 Å². The summed E-state index contributed by atoms with van der Waals surface area (Å²) in [6.45, 7) is 2.03. The minimum atomic E-state index is -3.26. The number of hydrogen-bond donors (Lipinski definition) is 5. The van der Waals surface area contributed by atoms with E-state index in [4.69, 9.17) is 15.2 Å². The Morgan fingerprint density at radius 3 is 2.10 bits per heavy atom. The van der Waals surface area contributed by atoms with Crippen LogP contribution < -0.4 is 15.2 Å². The number of nitrogens with two attached hydrogens (primary N) is 1. The van der Waals surface area contributed by atoms with Gasteiger partial charge >= 0.3 is 0 Å². The van der Waals surface area contributed by atoms with Crippen molar-refractivity contribution in [3.05, 3.63) is 17.7 Å². The molecule has 1 rings (SSSR count). The van der Waals surface area contributed by atoms with Crippen molar-refractivity contribution in [3.63, 3.8) is 0 Å². The largest absolute Gasteiger partial charge is 0.496 e. The highest BCUT2D eigenvalue weighted by molar-refractivity contribution is 7.99. The molecule has 21 heavy (non-hydrogen) atoms. The van der Waals surface area contributed by atoms with Crippen LogP contribution in [0.25, 0.3) is 0 Å². The fraction of sp³-hybridized carbons (Fsp3) is 0.538. The summed E-state index contributed by atoms with van der Waals surface area (Å²) < 4.78 is 10.3. The maximum Gasteiger partial charge on any atom is 0.281 e. The van der Waals surface area contributed by atoms with Gasteiger partial charge in [0.1, 0.15) is 11.5 Å². The summed E-state index contributed by atoms with van der Waals surface area (Å²) in [5.41, 5.74) is 4.68. The van der Waals surface area contributed by atoms with Crippen LogP contribution in [-0.2, 0) is 5.79 Å². The molecule has 0 saturated carbocycles. The van der Waals surface area contributed by atoms with Crippen LogP contribution in [0.3, 0.4) is 0 Å². The summed E-state index contributed by atoms with van der Waals surface area (Å²) in [7, 11) is 2.74. The molecule has 0 amide bonds. The zero-order valence-corrected chi connectivity index (χ0v) is 13.0. The van der Waals surface area contributed by atoms with Gasteiger partial charge in [-0.3, -0.25) is 5.73 Å². The van der Waals surface area contributed by atoms with Gasteiger partial charge < -0.3 is 29.9 Å². The first-order chi connectivity index (χ1) is 9.68. The molecular weight excluding hydrogens is 298 g/mol. The first kappa shape index (κ1) is 18.0. The highest BCUT2D eigenvalue weighted by atomic mass is 32.2. The van der Waals surface area contributed by atoms with E-state index in [9.17, 15) is 20.4 Å². The molecule has 0 atom stereocenters. The number of benzene rings is 1. The Morgan fingerprint density at radius 2 is 1.67 bits per heavy atom. The maximum atomic E-state index is 9.91. The van der Waals surface area contributed by atoms with Gasteiger partial charge in [-0.2, -0.15) is 0 Å². The average Bonchev–Trinajstić information content (AvgIpc) is 2.42. The fourth-order valence-electron chi connectivity index (χ4n) is 1.67. The Labute approximate surface area is 127 Å². The molecule has 0 spiro atoms. The summed E-state index contributed by atoms with van der Waals surface area (Å²) in [4.78, 5) is 0.731. The lowest BCUT2D eigenvalue weighted by Crippen LogP contribution is -2.58. The van der Waals surface area contributed by atoms with Crippen LogP contribution in [0.15, 0.2) is 17.0 Å². The fourth-order valence-corrected chi connectivity index (χ4v) is 2.56. The molecular formula is C13H21NO6S. The van der Waals surface area contributed by atoms with E-state index in [1.807, 2.05) is 6.92 Å². The number of methoxy groups -OCH3 is 2. The van der Waals surface area contributed by atoms with E-state index in [2.05, 4.69) is 0 Å². The Balaban J connectivity index is 3.40. The third kappa shape index (κ3) is 3.79. The van der Waals surface area contributed by atoms with Gasteiger partial charge in [0.25, 0.3) is 11.7 Å². The van der Waals surface area contributed by atoms with Gasteiger partial charge in [-0.25, -0.2) is 0 Å². The van der Waals surface area contributed by atoms with Crippen molar-refractivity contribution in [3.8, 4) is 11.5 Å². The Kier molecular flexibility index (Phi) is 5.85. The summed E-state index contributed by atoms with van der Waals surface area (Å²) in [5, 5.41) is 38.5. The Bertz CT molecular complexity index is 486. The molecule has 0 saturated heterocycles. The van der Waals surface area contributed by atoms with Crippen LogP contribution >= 0.6 is 11.8 Å². The standard InChI is InChI=1S/C13H21NO6S/c1-4-5-21-11-7-9(19-2)8(6-10(11)20-3)12(15,16)13(14,17)18/h6-7,15-18H,4-5,14H2,1-3H3. The van der Waals surface area contributed by atoms with Crippen LogP contribution in [0.4, 0.5) is 0 Å². The lowest BCUT2D eigenvalue weighted by molar-refractivity contribution is -0.363. The smallest absolute Gasteiger partial charge is 0.281 e. The number of thioether (sulfide) groups is 1. The summed E-state index contributed by atoms with van der Waals surface area (Å²) in [5.74, 6) is -5.15. The molecule has 1 aromatic carbocycles. The number of aliphatic hydroxyl groups is 4. The van der Waals surface area contributed by atoms with Gasteiger partial charge in [-0.15, -0.1) is 11.8 Å². The normalized spacial score (nSPS) is 12.4. The van der Waals surface area contributed by atoms with Crippen LogP contribution in [0.2, 0.25) is 0 Å². The molecule has 0 fully saturated rings. The monoisotopic (exact) mass is 319 g/mol. The van der Waals surface area contributed by atoms with Crippen molar-refractivity contribution >= 4 is 11.8 Å². The molecule has 1 aromatic rings. The first-order valence-electron chi connectivity index (χ1n) is 6.26. The molecule has 0 unspecified atom stereocenters. The van der Waals surface area contributed by atoms with E-state index in [1.54, 1.807) is 0 Å². The summed E-state index contributed by atoms with van der Waals surface area (Å²) in [6, 6.07) is 2.78. The number of ether oxygens (including phenoxy) is 2. The molecule has 0 aliphatic heterocycles. The van der Waals surface area contributed by atoms with E-state index >= 15 is 0 Å². The highest BCUT2D eigenvalue weighted by Crippen LogP contribution is 2.41. The van der Waals surface area contributed by atoms with Gasteiger partial charge in [-0.1, -0.05) is 6.92 Å². The van der Waals surface area contributed by atoms with Crippen LogP contribution in [0.1, 0.15) is 18.9 Å². The van der Waals surface area contributed by atoms with Crippen LogP contribution in [0, 0.1) is 0 Å². The van der Waals surface area contributed by atoms with E-state index in [0.717, 1.165) is 17.1 Å². The molecule has 0 radical (unpaired) electrons. The second-order valence-corrected chi connectivity index (χ2v) is 5.59. The van der Waals surface area contributed by atoms with Crippen molar-refractivity contribution in [2.45, 2.75) is 29.9 Å². The average molecular weight is 319 g/mol. The number of hydrogen-bond acceptors (Lipinski definition) is 8. The molecule has 120 valence electrons. The molecule has 8 heteroatoms. The summed E-state index contributed by atoms with van der Waals surface area (Å²) >= 11 is 1.50. The Hall–Kier alpha value is -1.03. The minimum absolute atomic E-state index is 0.0531. The minimum Gasteiger partial charge on any atom is -0.496 e. The van der Waals surface area contributed by atoms with Crippen LogP contribution in [0.5, 0.6) is 11.5 Å². The highest BCUT2D eigenvalue weighted by Gasteiger charge is 2.48. The van der Waals surface area contributed by atoms with Gasteiger partial charge in [-0.05, 0) is 24.3 Å². The van der Waals surface area contributed by atoms with Crippen molar-refractivity contribution in [2.75, 3.05) is 20.0 Å². The lowest BCUT2D eigenvalue weighted by atomic mass is 10.0. The van der Waals surface area contributed by atoms with E-state index in [0.29, 0.717) is 5.75 Å². The van der Waals surface area contributed by atoms with E-state index < -0.39 is 11.7 Å². The SMILES string of the molecule is CCCSc1cc(OC)c(C(O)(O)C(N)(O)O)cc1OC. The summed E-state index contributed by atoms with van der Waals surface area (Å²) in [6.07, 6.45) is 0.945. The predicted molar refractivity (Wildman–Crippen MR) is 78.0 cm³/mol. The van der Waals surface area contributed by atoms with E-state index in [1.165, 1.54) is 38.1 Å². The lowest BCUT2D eigenvalue weighted by Gasteiger charge is -2.32. The first-order valence-corrected chi connectivity index (χ1v) is 7.25. The third-order valence-electron chi connectivity index (χ3n) is 2.84. The molecule has 0 heterocycles. The van der Waals surface area contributed by atoms with Crippen molar-refractivity contribution < 1.29 is 29.9 Å². The second-order valence-electron chi connectivity index (χ2n) is 4.45. The predicted octanol–water partition coefficient (Wildman–Crippen LogP) is -0.0596. The van der Waals surface area contributed by atoms with Gasteiger partial charge in [0.05, 0.1) is 24.7 Å². The van der Waals surface area contributed by atoms with Crippen molar-refractivity contribution in [2.24, 2.45) is 5.73 Å². The van der Waals surface area contributed by atoms with Gasteiger partial charge in [0, 0.05) is 0 Å². The van der Waals surface area contributed by atoms with Gasteiger partial charge in [0.15, 0.2) is 0 Å². The molecule has 0 aliphatic carbocycles. The zero-order chi connectivity index (χ0) is 16.3. The Morgan fingerprint density at radius 1 is 1.10 bits per heavy atom. The van der Waals surface area contributed by atoms with Crippen molar-refractivity contribution in [1.29, 1.82) is 0 Å². The third-order valence-corrected chi connectivity index (χ3v) is 4.08. The molecule has 0 aromatic heterocycles. The maximum absolute atomic E-state index is 9.91. The van der Waals surface area contributed by atoms with Crippen LogP contribution in [-0.4, -0.2) is 46.3 Å². The zero-order valence-electron chi connectivity index (χ0n) is 12.2.